The summed E-state index contributed by atoms with van der Waals surface area (Å²) in [6.45, 7) is 1.90. The number of sulfone groups is 1. The quantitative estimate of drug-likeness (QED) is 0.495. The average molecular weight is 491 g/mol. The summed E-state index contributed by atoms with van der Waals surface area (Å²) >= 11 is 10.6. The molecule has 0 amide bonds. The first kappa shape index (κ1) is 18.7. The van der Waals surface area contributed by atoms with Crippen LogP contribution in [-0.2, 0) is 15.3 Å². The predicted molar refractivity (Wildman–Crippen MR) is 97.0 cm³/mol. The highest BCUT2D eigenvalue weighted by atomic mass is 79.9. The van der Waals surface area contributed by atoms with Crippen LogP contribution in [0.15, 0.2) is 28.7 Å². The molecular weight excluding hydrogens is 472 g/mol. The van der Waals surface area contributed by atoms with Gasteiger partial charge in [0.2, 0.25) is 0 Å². The van der Waals surface area contributed by atoms with Gasteiger partial charge in [-0.3, -0.25) is 0 Å². The molecule has 20 heavy (non-hydrogen) atoms. The molecule has 114 valence electrons. The fourth-order valence-electron chi connectivity index (χ4n) is 2.05. The van der Waals surface area contributed by atoms with Crippen LogP contribution in [0.3, 0.4) is 0 Å². The maximum absolute atomic E-state index is 12.0. The van der Waals surface area contributed by atoms with Crippen LogP contribution in [0, 0.1) is 0 Å². The Bertz CT molecular complexity index is 525. The molecule has 0 atom stereocenters. The Balaban J connectivity index is 2.99. The third-order valence-corrected chi connectivity index (χ3v) is 7.85. The predicted octanol–water partition coefficient (Wildman–Crippen LogP) is 4.69. The van der Waals surface area contributed by atoms with E-state index in [0.717, 1.165) is 20.7 Å². The van der Waals surface area contributed by atoms with Crippen LogP contribution in [0.2, 0.25) is 0 Å². The summed E-state index contributed by atoms with van der Waals surface area (Å²) < 4.78 is 24.9. The van der Waals surface area contributed by atoms with E-state index in [0.29, 0.717) is 12.8 Å². The molecule has 0 radical (unpaired) electrons. The van der Waals surface area contributed by atoms with E-state index in [-0.39, 0.29) is 16.9 Å². The summed E-state index contributed by atoms with van der Waals surface area (Å²) in [7, 11) is -2.96. The lowest BCUT2D eigenvalue weighted by molar-refractivity contribution is 0.522. The van der Waals surface area contributed by atoms with Crippen molar-refractivity contribution < 1.29 is 8.42 Å². The topological polar surface area (TPSA) is 34.1 Å². The lowest BCUT2D eigenvalue weighted by Gasteiger charge is -2.31. The highest BCUT2D eigenvalue weighted by Crippen LogP contribution is 2.34. The second kappa shape index (κ2) is 8.30. The van der Waals surface area contributed by atoms with E-state index in [4.69, 9.17) is 0 Å². The molecule has 0 unspecified atom stereocenters. The van der Waals surface area contributed by atoms with Gasteiger partial charge in [0.25, 0.3) is 0 Å². The van der Waals surface area contributed by atoms with Crippen molar-refractivity contribution in [2.75, 3.05) is 22.2 Å². The van der Waals surface area contributed by atoms with Gasteiger partial charge in [-0.1, -0.05) is 66.8 Å². The highest BCUT2D eigenvalue weighted by molar-refractivity contribution is 9.10. The molecule has 0 aromatic heterocycles. The zero-order valence-corrected chi connectivity index (χ0v) is 17.0. The van der Waals surface area contributed by atoms with Crippen molar-refractivity contribution in [1.29, 1.82) is 0 Å². The molecule has 2 nitrogen and oxygen atoms in total. The number of benzene rings is 1. The van der Waals surface area contributed by atoms with Gasteiger partial charge in [0, 0.05) is 26.3 Å². The summed E-state index contributed by atoms with van der Waals surface area (Å²) in [5.74, 6) is 0.497. The van der Waals surface area contributed by atoms with Crippen LogP contribution < -0.4 is 0 Å². The first-order valence-electron chi connectivity index (χ1n) is 6.47. The molecule has 1 aromatic rings. The zero-order valence-electron chi connectivity index (χ0n) is 11.4. The lowest BCUT2D eigenvalue weighted by atomic mass is 9.82. The van der Waals surface area contributed by atoms with Crippen LogP contribution in [-0.4, -0.2) is 30.6 Å². The lowest BCUT2D eigenvalue weighted by Crippen LogP contribution is -2.33. The third kappa shape index (κ3) is 5.11. The minimum Gasteiger partial charge on any atom is -0.229 e. The van der Waals surface area contributed by atoms with Crippen molar-refractivity contribution in [3.8, 4) is 0 Å². The maximum Gasteiger partial charge on any atom is 0.150 e. The van der Waals surface area contributed by atoms with E-state index in [1.807, 2.05) is 19.1 Å². The Morgan fingerprint density at radius 1 is 1.15 bits per heavy atom. The van der Waals surface area contributed by atoms with Gasteiger partial charge in [0.15, 0.2) is 0 Å². The van der Waals surface area contributed by atoms with Crippen molar-refractivity contribution in [3.05, 3.63) is 34.3 Å². The van der Waals surface area contributed by atoms with Crippen LogP contribution in [0.25, 0.3) is 0 Å². The number of rotatable bonds is 8. The Morgan fingerprint density at radius 3 is 2.30 bits per heavy atom. The Hall–Kier alpha value is 0.610. The van der Waals surface area contributed by atoms with Crippen molar-refractivity contribution in [1.82, 2.24) is 0 Å². The Kier molecular flexibility index (Phi) is 7.74. The summed E-state index contributed by atoms with van der Waals surface area (Å²) in [5, 5.41) is 1.45. The van der Waals surface area contributed by atoms with Gasteiger partial charge in [0.05, 0.1) is 5.75 Å². The number of halogens is 3. The fourth-order valence-corrected chi connectivity index (χ4v) is 6.11. The summed E-state index contributed by atoms with van der Waals surface area (Å²) in [6, 6.07) is 8.08. The minimum atomic E-state index is -2.96. The zero-order chi connectivity index (χ0) is 15.2. The number of hydrogen-bond donors (Lipinski definition) is 0. The second-order valence-corrected chi connectivity index (χ2v) is 9.30. The monoisotopic (exact) mass is 488 g/mol. The second-order valence-electron chi connectivity index (χ2n) is 4.96. The Labute approximate surface area is 147 Å². The molecule has 0 spiro atoms. The Morgan fingerprint density at radius 2 is 1.80 bits per heavy atom. The van der Waals surface area contributed by atoms with E-state index in [1.54, 1.807) is 0 Å². The molecule has 0 aliphatic rings. The van der Waals surface area contributed by atoms with Crippen LogP contribution in [0.5, 0.6) is 0 Å². The first-order valence-corrected chi connectivity index (χ1v) is 11.3. The first-order chi connectivity index (χ1) is 9.39. The van der Waals surface area contributed by atoms with Crippen LogP contribution in [0.4, 0.5) is 0 Å². The molecule has 1 aromatic carbocycles. The molecule has 0 saturated heterocycles. The van der Waals surface area contributed by atoms with E-state index >= 15 is 0 Å². The molecule has 0 bridgehead atoms. The molecule has 0 saturated carbocycles. The SMILES string of the molecule is CCCS(=O)(=O)CCC(CBr)(CBr)c1cccc(Br)c1. The summed E-state index contributed by atoms with van der Waals surface area (Å²) in [4.78, 5) is 0. The third-order valence-electron chi connectivity index (χ3n) is 3.36. The van der Waals surface area contributed by atoms with Crippen molar-refractivity contribution in [2.24, 2.45) is 0 Å². The summed E-state index contributed by atoms with van der Waals surface area (Å²) in [6.07, 6.45) is 1.29. The van der Waals surface area contributed by atoms with E-state index in [1.165, 1.54) is 0 Å². The molecule has 1 rings (SSSR count). The summed E-state index contributed by atoms with van der Waals surface area (Å²) in [5.41, 5.74) is 0.942. The minimum absolute atomic E-state index is 0.204. The van der Waals surface area contributed by atoms with Gasteiger partial charge in [0.1, 0.15) is 9.84 Å². The van der Waals surface area contributed by atoms with Gasteiger partial charge < -0.3 is 0 Å². The smallest absolute Gasteiger partial charge is 0.150 e. The molecule has 0 N–H and O–H groups in total. The van der Waals surface area contributed by atoms with Crippen molar-refractivity contribution in [2.45, 2.75) is 25.2 Å². The van der Waals surface area contributed by atoms with E-state index < -0.39 is 9.84 Å². The standard InChI is InChI=1S/C14H19Br3O2S/c1-2-7-20(18,19)8-6-14(10-15,11-16)12-4-3-5-13(17)9-12/h3-5,9H,2,6-8,10-11H2,1H3. The number of hydrogen-bond acceptors (Lipinski definition) is 2. The number of alkyl halides is 2. The molecule has 0 aliphatic carbocycles. The normalized spacial score (nSPS) is 12.6. The van der Waals surface area contributed by atoms with Gasteiger partial charge in [-0.25, -0.2) is 8.42 Å². The largest absolute Gasteiger partial charge is 0.229 e. The highest BCUT2D eigenvalue weighted by Gasteiger charge is 2.31. The van der Waals surface area contributed by atoms with Gasteiger partial charge >= 0.3 is 0 Å². The van der Waals surface area contributed by atoms with Crippen molar-refractivity contribution in [3.63, 3.8) is 0 Å². The van der Waals surface area contributed by atoms with E-state index in [2.05, 4.69) is 59.9 Å². The van der Waals surface area contributed by atoms with Crippen molar-refractivity contribution >= 4 is 57.6 Å². The molecule has 0 heterocycles. The van der Waals surface area contributed by atoms with Crippen LogP contribution in [0.1, 0.15) is 25.3 Å². The molecule has 0 aliphatic heterocycles. The molecule has 6 heteroatoms. The van der Waals surface area contributed by atoms with Gasteiger partial charge in [-0.15, -0.1) is 0 Å². The maximum atomic E-state index is 12.0. The average Bonchev–Trinajstić information content (AvgIpc) is 2.40. The van der Waals surface area contributed by atoms with Crippen LogP contribution >= 0.6 is 47.8 Å². The van der Waals surface area contributed by atoms with E-state index in [9.17, 15) is 8.42 Å². The molecule has 0 fully saturated rings. The van der Waals surface area contributed by atoms with Gasteiger partial charge in [-0.05, 0) is 30.5 Å². The van der Waals surface area contributed by atoms with Gasteiger partial charge in [-0.2, -0.15) is 0 Å². The fraction of sp³-hybridized carbons (Fsp3) is 0.571. The molecular formula is C14H19Br3O2S.